The highest BCUT2D eigenvalue weighted by Crippen LogP contribution is 2.41. The van der Waals surface area contributed by atoms with Gasteiger partial charge in [0.2, 0.25) is 0 Å². The minimum Gasteiger partial charge on any atom is -0.325 e. The van der Waals surface area contributed by atoms with Gasteiger partial charge in [0.05, 0.1) is 11.4 Å². The molecule has 94 valence electrons. The van der Waals surface area contributed by atoms with Crippen molar-refractivity contribution in [3.05, 3.63) is 45.7 Å². The van der Waals surface area contributed by atoms with E-state index in [0.717, 1.165) is 15.9 Å². The first kappa shape index (κ1) is 11.9. The number of nitrogens with zero attached hydrogens (tertiary/aromatic N) is 2. The summed E-state index contributed by atoms with van der Waals surface area (Å²) in [5.41, 5.74) is 10.3. The van der Waals surface area contributed by atoms with E-state index in [0.29, 0.717) is 12.5 Å². The molecular weight excluding hydrogens is 290 g/mol. The molecule has 0 spiro atoms. The fourth-order valence-corrected chi connectivity index (χ4v) is 2.85. The van der Waals surface area contributed by atoms with Gasteiger partial charge in [-0.15, -0.1) is 0 Å². The molecule has 3 nitrogen and oxygen atoms in total. The van der Waals surface area contributed by atoms with Crippen molar-refractivity contribution in [2.75, 3.05) is 0 Å². The minimum atomic E-state index is 0.496. The molecule has 1 aliphatic rings. The summed E-state index contributed by atoms with van der Waals surface area (Å²) in [5, 5.41) is 4.61. The maximum absolute atomic E-state index is 5.71. The minimum absolute atomic E-state index is 0.496. The molecular formula is C14H16BrN3. The Kier molecular flexibility index (Phi) is 2.99. The maximum atomic E-state index is 5.71. The summed E-state index contributed by atoms with van der Waals surface area (Å²) < 4.78 is 3.12. The van der Waals surface area contributed by atoms with E-state index < -0.39 is 0 Å². The summed E-state index contributed by atoms with van der Waals surface area (Å²) in [6, 6.07) is 8.49. The van der Waals surface area contributed by atoms with Gasteiger partial charge in [-0.1, -0.05) is 6.07 Å². The van der Waals surface area contributed by atoms with Crippen LogP contribution in [0.1, 0.15) is 35.7 Å². The van der Waals surface area contributed by atoms with E-state index in [1.807, 2.05) is 4.68 Å². The molecule has 2 N–H and O–H groups in total. The second-order valence-electron chi connectivity index (χ2n) is 4.91. The van der Waals surface area contributed by atoms with Crippen LogP contribution in [0.4, 0.5) is 0 Å². The largest absolute Gasteiger partial charge is 0.325 e. The van der Waals surface area contributed by atoms with Gasteiger partial charge in [-0.2, -0.15) is 5.10 Å². The number of rotatable bonds is 3. The van der Waals surface area contributed by atoms with E-state index in [2.05, 4.69) is 52.2 Å². The summed E-state index contributed by atoms with van der Waals surface area (Å²) in [7, 11) is 0. The number of aromatic nitrogens is 2. The van der Waals surface area contributed by atoms with Crippen LogP contribution in [0.15, 0.2) is 28.7 Å². The second kappa shape index (κ2) is 4.52. The lowest BCUT2D eigenvalue weighted by Crippen LogP contribution is -2.04. The molecule has 0 radical (unpaired) electrons. The molecule has 0 unspecified atom stereocenters. The van der Waals surface area contributed by atoms with Crippen molar-refractivity contribution in [1.29, 1.82) is 0 Å². The third-order valence-electron chi connectivity index (χ3n) is 3.32. The van der Waals surface area contributed by atoms with Crippen molar-refractivity contribution in [3.8, 4) is 5.69 Å². The van der Waals surface area contributed by atoms with Crippen molar-refractivity contribution in [3.63, 3.8) is 0 Å². The quantitative estimate of drug-likeness (QED) is 0.945. The number of aryl methyl sites for hydroxylation is 1. The van der Waals surface area contributed by atoms with Crippen LogP contribution in [0.2, 0.25) is 0 Å². The van der Waals surface area contributed by atoms with Crippen molar-refractivity contribution in [2.45, 2.75) is 32.2 Å². The number of halogens is 1. The third-order valence-corrected chi connectivity index (χ3v) is 3.96. The predicted octanol–water partition coefficient (Wildman–Crippen LogP) is 3.28. The maximum Gasteiger partial charge on any atom is 0.0791 e. The summed E-state index contributed by atoms with van der Waals surface area (Å²) in [6.07, 6.45) is 2.53. The van der Waals surface area contributed by atoms with Gasteiger partial charge in [0.15, 0.2) is 0 Å². The average molecular weight is 306 g/mol. The van der Waals surface area contributed by atoms with Crippen molar-refractivity contribution >= 4 is 15.9 Å². The van der Waals surface area contributed by atoms with Gasteiger partial charge in [0, 0.05) is 22.6 Å². The van der Waals surface area contributed by atoms with Crippen LogP contribution in [0.25, 0.3) is 5.69 Å². The normalized spacial score (nSPS) is 15.1. The zero-order chi connectivity index (χ0) is 12.7. The number of benzene rings is 1. The highest BCUT2D eigenvalue weighted by Gasteiger charge is 2.28. The van der Waals surface area contributed by atoms with Gasteiger partial charge in [-0.3, -0.25) is 0 Å². The zero-order valence-electron chi connectivity index (χ0n) is 10.4. The van der Waals surface area contributed by atoms with Gasteiger partial charge >= 0.3 is 0 Å². The van der Waals surface area contributed by atoms with Crippen molar-refractivity contribution in [2.24, 2.45) is 5.73 Å². The van der Waals surface area contributed by atoms with Crippen molar-refractivity contribution < 1.29 is 0 Å². The van der Waals surface area contributed by atoms with E-state index in [4.69, 9.17) is 5.73 Å². The monoisotopic (exact) mass is 305 g/mol. The molecule has 0 bridgehead atoms. The van der Waals surface area contributed by atoms with Crippen LogP contribution < -0.4 is 5.73 Å². The molecule has 0 saturated heterocycles. The highest BCUT2D eigenvalue weighted by molar-refractivity contribution is 9.10. The lowest BCUT2D eigenvalue weighted by molar-refractivity contribution is 0.783. The SMILES string of the molecule is Cc1ccc(-n2nc(CN)cc2C2CC2)c(Br)c1. The summed E-state index contributed by atoms with van der Waals surface area (Å²) in [5.74, 6) is 0.658. The third kappa shape index (κ3) is 2.10. The Hall–Kier alpha value is -1.13. The Morgan fingerprint density at radius 3 is 2.78 bits per heavy atom. The second-order valence-corrected chi connectivity index (χ2v) is 5.76. The molecule has 1 fully saturated rings. The van der Waals surface area contributed by atoms with Gasteiger partial charge in [0.1, 0.15) is 0 Å². The van der Waals surface area contributed by atoms with Crippen LogP contribution in [-0.4, -0.2) is 9.78 Å². The molecule has 3 rings (SSSR count). The van der Waals surface area contributed by atoms with Crippen LogP contribution in [0.5, 0.6) is 0 Å². The van der Waals surface area contributed by atoms with E-state index in [9.17, 15) is 0 Å². The molecule has 2 aromatic rings. The number of nitrogens with two attached hydrogens (primary N) is 1. The first-order valence-electron chi connectivity index (χ1n) is 6.24. The molecule has 1 aromatic heterocycles. The molecule has 0 atom stereocenters. The lowest BCUT2D eigenvalue weighted by atomic mass is 10.2. The zero-order valence-corrected chi connectivity index (χ0v) is 11.9. The van der Waals surface area contributed by atoms with Crippen LogP contribution in [0, 0.1) is 6.92 Å². The van der Waals surface area contributed by atoms with Crippen LogP contribution in [0.3, 0.4) is 0 Å². The van der Waals surface area contributed by atoms with Gasteiger partial charge in [-0.25, -0.2) is 4.68 Å². The first-order chi connectivity index (χ1) is 8.69. The first-order valence-corrected chi connectivity index (χ1v) is 7.04. The average Bonchev–Trinajstić information content (AvgIpc) is 3.10. The van der Waals surface area contributed by atoms with Crippen molar-refractivity contribution in [1.82, 2.24) is 9.78 Å². The van der Waals surface area contributed by atoms with E-state index >= 15 is 0 Å². The van der Waals surface area contributed by atoms with Gasteiger partial charge in [0.25, 0.3) is 0 Å². The van der Waals surface area contributed by atoms with E-state index in [1.54, 1.807) is 0 Å². The van der Waals surface area contributed by atoms with E-state index in [-0.39, 0.29) is 0 Å². The lowest BCUT2D eigenvalue weighted by Gasteiger charge is -2.09. The fraction of sp³-hybridized carbons (Fsp3) is 0.357. The molecule has 0 amide bonds. The highest BCUT2D eigenvalue weighted by atomic mass is 79.9. The summed E-state index contributed by atoms with van der Waals surface area (Å²) >= 11 is 3.63. The molecule has 4 heteroatoms. The Labute approximate surface area is 115 Å². The number of hydrogen-bond acceptors (Lipinski definition) is 2. The van der Waals surface area contributed by atoms with Gasteiger partial charge in [-0.05, 0) is 59.5 Å². The molecule has 18 heavy (non-hydrogen) atoms. The number of hydrogen-bond donors (Lipinski definition) is 1. The van der Waals surface area contributed by atoms with E-state index in [1.165, 1.54) is 24.1 Å². The molecule has 0 aliphatic heterocycles. The van der Waals surface area contributed by atoms with Crippen LogP contribution >= 0.6 is 15.9 Å². The Morgan fingerprint density at radius 1 is 1.39 bits per heavy atom. The Morgan fingerprint density at radius 2 is 2.17 bits per heavy atom. The summed E-state index contributed by atoms with van der Waals surface area (Å²) in [4.78, 5) is 0. The summed E-state index contributed by atoms with van der Waals surface area (Å²) in [6.45, 7) is 2.58. The smallest absolute Gasteiger partial charge is 0.0791 e. The molecule has 1 heterocycles. The topological polar surface area (TPSA) is 43.8 Å². The molecule has 1 aromatic carbocycles. The molecule has 1 aliphatic carbocycles. The predicted molar refractivity (Wildman–Crippen MR) is 75.9 cm³/mol. The molecule has 1 saturated carbocycles. The Bertz CT molecular complexity index is 585. The Balaban J connectivity index is 2.12. The standard InChI is InChI=1S/C14H16BrN3/c1-9-2-5-13(12(15)6-9)18-14(10-3-4-10)7-11(8-16)17-18/h2,5-7,10H,3-4,8,16H2,1H3. The fourth-order valence-electron chi connectivity index (χ4n) is 2.19. The van der Waals surface area contributed by atoms with Gasteiger partial charge < -0.3 is 5.73 Å². The van der Waals surface area contributed by atoms with Crippen LogP contribution in [-0.2, 0) is 6.54 Å².